The van der Waals surface area contributed by atoms with E-state index in [4.69, 9.17) is 4.42 Å². The van der Waals surface area contributed by atoms with E-state index < -0.39 is 0 Å². The third kappa shape index (κ3) is 3.18. The average molecular weight is 364 g/mol. The third-order valence-corrected chi connectivity index (χ3v) is 5.53. The van der Waals surface area contributed by atoms with Crippen LogP contribution in [0.5, 0.6) is 0 Å². The van der Waals surface area contributed by atoms with E-state index in [1.807, 2.05) is 58.6 Å². The number of nitrogens with zero attached hydrogens (tertiary/aromatic N) is 1. The van der Waals surface area contributed by atoms with Crippen molar-refractivity contribution in [3.8, 4) is 10.4 Å². The van der Waals surface area contributed by atoms with E-state index in [2.05, 4.69) is 12.2 Å². The summed E-state index contributed by atoms with van der Waals surface area (Å²) in [6.07, 6.45) is 3.73. The standard InChI is InChI=1S/C21H20N2O2S/c1-2-3-12-23-21(24)19(20(26-23)15-7-5-4-6-8-15)22-17-9-10-18-16(14-17)11-13-25-18/h4-11,13-14,22H,2-3,12H2,1H3. The molecule has 0 aliphatic rings. The molecule has 0 fully saturated rings. The molecule has 0 aliphatic heterocycles. The van der Waals surface area contributed by atoms with Gasteiger partial charge in [0.15, 0.2) is 0 Å². The number of furan rings is 1. The number of aromatic nitrogens is 1. The second-order valence-corrected chi connectivity index (χ2v) is 7.25. The molecule has 0 aliphatic carbocycles. The molecule has 1 N–H and O–H groups in total. The Balaban J connectivity index is 1.77. The summed E-state index contributed by atoms with van der Waals surface area (Å²) in [5.74, 6) is 0. The number of anilines is 2. The summed E-state index contributed by atoms with van der Waals surface area (Å²) in [6.45, 7) is 2.89. The van der Waals surface area contributed by atoms with Gasteiger partial charge in [0.25, 0.3) is 5.56 Å². The van der Waals surface area contributed by atoms with Gasteiger partial charge in [-0.15, -0.1) is 0 Å². The van der Waals surface area contributed by atoms with Gasteiger partial charge in [-0.25, -0.2) is 0 Å². The molecule has 0 amide bonds. The molecule has 4 aromatic rings. The van der Waals surface area contributed by atoms with Gasteiger partial charge >= 0.3 is 0 Å². The molecule has 2 heterocycles. The second kappa shape index (κ2) is 7.22. The highest BCUT2D eigenvalue weighted by Gasteiger charge is 2.17. The molecule has 4 rings (SSSR count). The van der Waals surface area contributed by atoms with Gasteiger partial charge in [-0.3, -0.25) is 8.75 Å². The number of hydrogen-bond donors (Lipinski definition) is 1. The van der Waals surface area contributed by atoms with Crippen LogP contribution < -0.4 is 10.9 Å². The van der Waals surface area contributed by atoms with Crippen LogP contribution in [-0.2, 0) is 6.54 Å². The maximum absolute atomic E-state index is 13.0. The zero-order chi connectivity index (χ0) is 17.9. The highest BCUT2D eigenvalue weighted by atomic mass is 32.1. The Kier molecular flexibility index (Phi) is 4.63. The van der Waals surface area contributed by atoms with Crippen molar-refractivity contribution in [2.24, 2.45) is 0 Å². The van der Waals surface area contributed by atoms with Gasteiger partial charge in [0.05, 0.1) is 11.1 Å². The van der Waals surface area contributed by atoms with Crippen LogP contribution in [0.15, 0.2) is 70.1 Å². The Morgan fingerprint density at radius 1 is 1.12 bits per heavy atom. The van der Waals surface area contributed by atoms with Crippen LogP contribution in [0.2, 0.25) is 0 Å². The van der Waals surface area contributed by atoms with Crippen LogP contribution in [0.4, 0.5) is 11.4 Å². The van der Waals surface area contributed by atoms with Gasteiger partial charge < -0.3 is 9.73 Å². The zero-order valence-corrected chi connectivity index (χ0v) is 15.4. The number of benzene rings is 2. The Bertz CT molecular complexity index is 1080. The largest absolute Gasteiger partial charge is 0.464 e. The minimum Gasteiger partial charge on any atom is -0.464 e. The first-order valence-electron chi connectivity index (χ1n) is 8.80. The third-order valence-electron chi connectivity index (χ3n) is 4.34. The second-order valence-electron chi connectivity index (χ2n) is 6.22. The number of rotatable bonds is 6. The van der Waals surface area contributed by atoms with Crippen molar-refractivity contribution in [3.05, 3.63) is 71.2 Å². The van der Waals surface area contributed by atoms with E-state index >= 15 is 0 Å². The summed E-state index contributed by atoms with van der Waals surface area (Å²) in [6, 6.07) is 17.8. The molecule has 0 saturated carbocycles. The lowest BCUT2D eigenvalue weighted by atomic mass is 10.1. The van der Waals surface area contributed by atoms with E-state index in [1.165, 1.54) is 11.5 Å². The number of nitrogens with one attached hydrogen (secondary N) is 1. The van der Waals surface area contributed by atoms with Crippen LogP contribution in [0.3, 0.4) is 0 Å². The average Bonchev–Trinajstić information content (AvgIpc) is 3.26. The van der Waals surface area contributed by atoms with Crippen molar-refractivity contribution in [2.75, 3.05) is 5.32 Å². The highest BCUT2D eigenvalue weighted by molar-refractivity contribution is 7.10. The van der Waals surface area contributed by atoms with Gasteiger partial charge in [-0.2, -0.15) is 0 Å². The maximum atomic E-state index is 13.0. The lowest BCUT2D eigenvalue weighted by molar-refractivity contribution is 0.616. The van der Waals surface area contributed by atoms with Crippen molar-refractivity contribution in [1.29, 1.82) is 0 Å². The summed E-state index contributed by atoms with van der Waals surface area (Å²) in [7, 11) is 0. The molecule has 2 aromatic carbocycles. The molecule has 0 unspecified atom stereocenters. The summed E-state index contributed by atoms with van der Waals surface area (Å²) < 4.78 is 7.25. The highest BCUT2D eigenvalue weighted by Crippen LogP contribution is 2.33. The quantitative estimate of drug-likeness (QED) is 0.466. The molecule has 0 radical (unpaired) electrons. The van der Waals surface area contributed by atoms with Crippen molar-refractivity contribution in [1.82, 2.24) is 3.96 Å². The minimum absolute atomic E-state index is 0.0367. The number of fused-ring (bicyclic) bond motifs is 1. The predicted octanol–water partition coefficient (Wildman–Crippen LogP) is 5.87. The Labute approximate surface area is 155 Å². The van der Waals surface area contributed by atoms with Crippen LogP contribution in [0, 0.1) is 0 Å². The number of hydrogen-bond acceptors (Lipinski definition) is 4. The summed E-state index contributed by atoms with van der Waals surface area (Å²) >= 11 is 1.53. The predicted molar refractivity (Wildman–Crippen MR) is 108 cm³/mol. The SMILES string of the molecule is CCCCn1sc(-c2ccccc2)c(Nc2ccc3occc3c2)c1=O. The molecule has 4 nitrogen and oxygen atoms in total. The summed E-state index contributed by atoms with van der Waals surface area (Å²) in [4.78, 5) is 14.0. The fourth-order valence-electron chi connectivity index (χ4n) is 2.95. The minimum atomic E-state index is 0.0367. The van der Waals surface area contributed by atoms with Crippen molar-refractivity contribution in [2.45, 2.75) is 26.3 Å². The topological polar surface area (TPSA) is 47.2 Å². The van der Waals surface area contributed by atoms with E-state index in [0.717, 1.165) is 46.5 Å². The van der Waals surface area contributed by atoms with Gasteiger partial charge in [0, 0.05) is 17.6 Å². The first kappa shape index (κ1) is 16.7. The lowest BCUT2D eigenvalue weighted by Gasteiger charge is -2.06. The molecule has 0 atom stereocenters. The molecular formula is C21H20N2O2S. The molecule has 0 spiro atoms. The van der Waals surface area contributed by atoms with Gasteiger partial charge in [-0.05, 0) is 36.2 Å². The zero-order valence-electron chi connectivity index (χ0n) is 14.6. The van der Waals surface area contributed by atoms with E-state index in [1.54, 1.807) is 6.26 Å². The van der Waals surface area contributed by atoms with E-state index in [0.29, 0.717) is 5.69 Å². The van der Waals surface area contributed by atoms with Crippen molar-refractivity contribution >= 4 is 33.9 Å². The van der Waals surface area contributed by atoms with Crippen LogP contribution in [-0.4, -0.2) is 3.96 Å². The van der Waals surface area contributed by atoms with Crippen molar-refractivity contribution in [3.63, 3.8) is 0 Å². The Morgan fingerprint density at radius 3 is 2.77 bits per heavy atom. The smallest absolute Gasteiger partial charge is 0.284 e. The van der Waals surface area contributed by atoms with E-state index in [9.17, 15) is 4.79 Å². The monoisotopic (exact) mass is 364 g/mol. The molecule has 132 valence electrons. The summed E-state index contributed by atoms with van der Waals surface area (Å²) in [5, 5.41) is 4.37. The molecule has 26 heavy (non-hydrogen) atoms. The first-order valence-corrected chi connectivity index (χ1v) is 9.57. The molecule has 5 heteroatoms. The van der Waals surface area contributed by atoms with Crippen LogP contribution >= 0.6 is 11.5 Å². The van der Waals surface area contributed by atoms with Gasteiger partial charge in [0.1, 0.15) is 11.3 Å². The lowest BCUT2D eigenvalue weighted by Crippen LogP contribution is -2.15. The fraction of sp³-hybridized carbons (Fsp3) is 0.190. The van der Waals surface area contributed by atoms with Gasteiger partial charge in [-0.1, -0.05) is 55.2 Å². The van der Waals surface area contributed by atoms with Crippen molar-refractivity contribution < 1.29 is 4.42 Å². The molecule has 0 saturated heterocycles. The fourth-order valence-corrected chi connectivity index (χ4v) is 4.04. The first-order chi connectivity index (χ1) is 12.8. The van der Waals surface area contributed by atoms with Crippen LogP contribution in [0.1, 0.15) is 19.8 Å². The van der Waals surface area contributed by atoms with Gasteiger partial charge in [0.2, 0.25) is 0 Å². The molecule has 2 aromatic heterocycles. The number of unbranched alkanes of at least 4 members (excludes halogenated alkanes) is 1. The normalized spacial score (nSPS) is 11.1. The molecular weight excluding hydrogens is 344 g/mol. The summed E-state index contributed by atoms with van der Waals surface area (Å²) in [5.41, 5.74) is 3.45. The molecule has 0 bridgehead atoms. The van der Waals surface area contributed by atoms with Crippen LogP contribution in [0.25, 0.3) is 21.4 Å². The Hall–Kier alpha value is -2.79. The number of aryl methyl sites for hydroxylation is 1. The Morgan fingerprint density at radius 2 is 1.96 bits per heavy atom. The van der Waals surface area contributed by atoms with E-state index in [-0.39, 0.29) is 5.56 Å². The maximum Gasteiger partial charge on any atom is 0.284 e.